The van der Waals surface area contributed by atoms with E-state index in [1.165, 1.54) is 12.1 Å². The van der Waals surface area contributed by atoms with Crippen molar-refractivity contribution in [2.24, 2.45) is 0 Å². The number of hydrogen-bond acceptors (Lipinski definition) is 6. The Kier molecular flexibility index (Phi) is 6.42. The lowest BCUT2D eigenvalue weighted by Gasteiger charge is -2.27. The number of carbonyl (C=O) groups excluding carboxylic acids is 1. The van der Waals surface area contributed by atoms with E-state index in [4.69, 9.17) is 0 Å². The van der Waals surface area contributed by atoms with Gasteiger partial charge in [0.05, 0.1) is 22.2 Å². The second-order valence-corrected chi connectivity index (χ2v) is 6.95. The van der Waals surface area contributed by atoms with Gasteiger partial charge in [0.25, 0.3) is 5.69 Å². The summed E-state index contributed by atoms with van der Waals surface area (Å²) in [7, 11) is 0. The zero-order chi connectivity index (χ0) is 20.8. The van der Waals surface area contributed by atoms with Crippen molar-refractivity contribution in [1.82, 2.24) is 4.90 Å². The highest BCUT2D eigenvalue weighted by atomic mass is 16.6. The smallest absolute Gasteiger partial charge is 0.292 e. The molecule has 0 aliphatic carbocycles. The number of amides is 1. The molecule has 2 aromatic rings. The lowest BCUT2D eigenvalue weighted by atomic mass is 10.1. The van der Waals surface area contributed by atoms with Gasteiger partial charge in [-0.25, -0.2) is 0 Å². The van der Waals surface area contributed by atoms with Crippen LogP contribution in [0.15, 0.2) is 48.5 Å². The number of nitriles is 1. The maximum Gasteiger partial charge on any atom is 0.292 e. The van der Waals surface area contributed by atoms with Gasteiger partial charge in [0.15, 0.2) is 0 Å². The summed E-state index contributed by atoms with van der Waals surface area (Å²) >= 11 is 0. The van der Waals surface area contributed by atoms with Gasteiger partial charge < -0.3 is 10.2 Å². The highest BCUT2D eigenvalue weighted by Gasteiger charge is 2.26. The van der Waals surface area contributed by atoms with Crippen LogP contribution in [0.1, 0.15) is 18.9 Å². The summed E-state index contributed by atoms with van der Waals surface area (Å²) in [6.07, 6.45) is 0.850. The van der Waals surface area contributed by atoms with Crippen LogP contribution in [0.3, 0.4) is 0 Å². The highest BCUT2D eigenvalue weighted by molar-refractivity contribution is 5.96. The number of nitrogens with zero attached hydrogens (tertiary/aromatic N) is 4. The van der Waals surface area contributed by atoms with Gasteiger partial charge in [-0.2, -0.15) is 5.26 Å². The van der Waals surface area contributed by atoms with E-state index in [2.05, 4.69) is 21.2 Å². The molecule has 0 unspecified atom stereocenters. The summed E-state index contributed by atoms with van der Waals surface area (Å²) in [6.45, 7) is 4.69. The molecule has 0 aromatic heterocycles. The molecule has 2 aromatic carbocycles. The fraction of sp³-hybridized carbons (Fsp3) is 0.333. The first kappa shape index (κ1) is 20.3. The predicted octanol–water partition coefficient (Wildman–Crippen LogP) is 3.01. The Morgan fingerprint density at radius 2 is 1.86 bits per heavy atom. The van der Waals surface area contributed by atoms with Crippen molar-refractivity contribution in [3.8, 4) is 6.07 Å². The van der Waals surface area contributed by atoms with Crippen LogP contribution in [-0.2, 0) is 4.79 Å². The third-order valence-corrected chi connectivity index (χ3v) is 5.18. The van der Waals surface area contributed by atoms with E-state index in [1.54, 1.807) is 18.2 Å². The lowest BCUT2D eigenvalue weighted by Crippen LogP contribution is -2.44. The topological polar surface area (TPSA) is 103 Å². The van der Waals surface area contributed by atoms with Gasteiger partial charge in [0, 0.05) is 32.2 Å². The van der Waals surface area contributed by atoms with Crippen molar-refractivity contribution in [3.63, 3.8) is 0 Å². The molecule has 8 nitrogen and oxygen atoms in total. The molecule has 1 amide bonds. The first-order valence-corrected chi connectivity index (χ1v) is 9.53. The number of hydrogen-bond donors (Lipinski definition) is 1. The monoisotopic (exact) mass is 393 g/mol. The molecule has 29 heavy (non-hydrogen) atoms. The molecule has 1 saturated heterocycles. The number of rotatable bonds is 5. The third-order valence-electron chi connectivity index (χ3n) is 5.18. The molecule has 1 aliphatic heterocycles. The van der Waals surface area contributed by atoms with Crippen molar-refractivity contribution in [3.05, 3.63) is 64.2 Å². The molecule has 1 N–H and O–H groups in total. The molecule has 0 radical (unpaired) electrons. The van der Waals surface area contributed by atoms with Crippen LogP contribution in [-0.4, -0.2) is 48.0 Å². The van der Waals surface area contributed by atoms with Crippen molar-refractivity contribution in [2.75, 3.05) is 36.4 Å². The molecule has 1 heterocycles. The van der Waals surface area contributed by atoms with Crippen molar-refractivity contribution < 1.29 is 9.72 Å². The van der Waals surface area contributed by atoms with E-state index in [0.29, 0.717) is 18.7 Å². The Bertz CT molecular complexity index is 940. The Balaban J connectivity index is 1.66. The normalized spacial score (nSPS) is 15.8. The molecule has 0 saturated carbocycles. The summed E-state index contributed by atoms with van der Waals surface area (Å²) in [6, 6.07) is 15.5. The molecular formula is C21H23N5O3. The maximum absolute atomic E-state index is 12.7. The minimum absolute atomic E-state index is 0.122. The van der Waals surface area contributed by atoms with Crippen molar-refractivity contribution >= 4 is 23.0 Å². The van der Waals surface area contributed by atoms with E-state index in [-0.39, 0.29) is 17.3 Å². The Morgan fingerprint density at radius 1 is 1.14 bits per heavy atom. The Morgan fingerprint density at radius 3 is 2.62 bits per heavy atom. The zero-order valence-electron chi connectivity index (χ0n) is 16.2. The average molecular weight is 393 g/mol. The molecule has 0 bridgehead atoms. The van der Waals surface area contributed by atoms with Crippen LogP contribution in [0.25, 0.3) is 0 Å². The minimum Gasteiger partial charge on any atom is -0.369 e. The molecule has 150 valence electrons. The Hall–Kier alpha value is -3.44. The Labute approximate surface area is 169 Å². The van der Waals surface area contributed by atoms with E-state index < -0.39 is 11.0 Å². The lowest BCUT2D eigenvalue weighted by molar-refractivity contribution is -0.383. The number of nitrogens with one attached hydrogen (secondary N) is 1. The van der Waals surface area contributed by atoms with Crippen LogP contribution in [0.5, 0.6) is 0 Å². The summed E-state index contributed by atoms with van der Waals surface area (Å²) in [5.41, 5.74) is 1.63. The van der Waals surface area contributed by atoms with E-state index >= 15 is 0 Å². The predicted molar refractivity (Wildman–Crippen MR) is 111 cm³/mol. The standard InChI is InChI=1S/C21H23N5O3/c1-16(21(27)23-18-8-3-5-10-20(18)26(28)29)24-11-6-12-25(14-13-24)19-9-4-2-7-17(19)15-22/h2-5,7-10,16H,6,11-14H2,1H3,(H,23,27)/t16-/m1/s1. The molecule has 8 heteroatoms. The number of anilines is 2. The maximum atomic E-state index is 12.7. The second-order valence-electron chi connectivity index (χ2n) is 6.95. The second kappa shape index (κ2) is 9.17. The van der Waals surface area contributed by atoms with Gasteiger partial charge in [-0.15, -0.1) is 0 Å². The molecule has 0 spiro atoms. The van der Waals surface area contributed by atoms with Crippen LogP contribution in [0.4, 0.5) is 17.1 Å². The summed E-state index contributed by atoms with van der Waals surface area (Å²) < 4.78 is 0. The van der Waals surface area contributed by atoms with Gasteiger partial charge in [-0.1, -0.05) is 24.3 Å². The summed E-state index contributed by atoms with van der Waals surface area (Å²) in [5, 5.41) is 23.2. The minimum atomic E-state index is -0.503. The van der Waals surface area contributed by atoms with Gasteiger partial charge in [0.2, 0.25) is 5.91 Å². The SMILES string of the molecule is C[C@H](C(=O)Nc1ccccc1[N+](=O)[O-])N1CCCN(c2ccccc2C#N)CC1. The summed E-state index contributed by atoms with van der Waals surface area (Å²) in [4.78, 5) is 27.6. The van der Waals surface area contributed by atoms with Gasteiger partial charge in [-0.3, -0.25) is 19.8 Å². The quantitative estimate of drug-likeness (QED) is 0.619. The largest absolute Gasteiger partial charge is 0.369 e. The van der Waals surface area contributed by atoms with Gasteiger partial charge in [-0.05, 0) is 31.5 Å². The fourth-order valence-corrected chi connectivity index (χ4v) is 3.55. The number of para-hydroxylation sites is 3. The van der Waals surface area contributed by atoms with E-state index in [9.17, 15) is 20.2 Å². The highest BCUT2D eigenvalue weighted by Crippen LogP contribution is 2.24. The molecule has 3 rings (SSSR count). The first-order chi connectivity index (χ1) is 14.0. The first-order valence-electron chi connectivity index (χ1n) is 9.53. The van der Waals surface area contributed by atoms with E-state index in [0.717, 1.165) is 25.2 Å². The molecule has 1 atom stereocenters. The van der Waals surface area contributed by atoms with Crippen LogP contribution in [0.2, 0.25) is 0 Å². The van der Waals surface area contributed by atoms with Crippen LogP contribution >= 0.6 is 0 Å². The number of nitro groups is 1. The fourth-order valence-electron chi connectivity index (χ4n) is 3.55. The molecule has 1 aliphatic rings. The molecular weight excluding hydrogens is 370 g/mol. The number of carbonyl (C=O) groups is 1. The van der Waals surface area contributed by atoms with Crippen molar-refractivity contribution in [2.45, 2.75) is 19.4 Å². The number of nitro benzene ring substituents is 1. The van der Waals surface area contributed by atoms with Crippen LogP contribution in [0, 0.1) is 21.4 Å². The van der Waals surface area contributed by atoms with Crippen LogP contribution < -0.4 is 10.2 Å². The summed E-state index contributed by atoms with van der Waals surface area (Å²) in [5.74, 6) is -0.273. The molecule has 1 fully saturated rings. The van der Waals surface area contributed by atoms with Gasteiger partial charge in [0.1, 0.15) is 11.8 Å². The average Bonchev–Trinajstić information content (AvgIpc) is 2.99. The van der Waals surface area contributed by atoms with Gasteiger partial charge >= 0.3 is 0 Å². The third kappa shape index (κ3) is 4.70. The number of benzene rings is 2. The zero-order valence-corrected chi connectivity index (χ0v) is 16.2. The van der Waals surface area contributed by atoms with Crippen molar-refractivity contribution in [1.29, 1.82) is 5.26 Å². The van der Waals surface area contributed by atoms with E-state index in [1.807, 2.05) is 25.1 Å².